The Kier molecular flexibility index (Phi) is 5.36. The second-order valence-electron chi connectivity index (χ2n) is 7.41. The Morgan fingerprint density at radius 3 is 2.38 bits per heavy atom. The summed E-state index contributed by atoms with van der Waals surface area (Å²) in [5.74, 6) is 1.90. The summed E-state index contributed by atoms with van der Waals surface area (Å²) in [5.41, 5.74) is 0. The van der Waals surface area contributed by atoms with Gasteiger partial charge in [0, 0.05) is 43.5 Å². The number of aromatic nitrogens is 2. The van der Waals surface area contributed by atoms with Gasteiger partial charge in [-0.2, -0.15) is 0 Å². The van der Waals surface area contributed by atoms with Crippen LogP contribution in [0.4, 0.5) is 5.95 Å². The van der Waals surface area contributed by atoms with E-state index in [0.717, 1.165) is 38.3 Å². The number of carbonyl (C=O) groups is 1. The van der Waals surface area contributed by atoms with E-state index in [4.69, 9.17) is 0 Å². The minimum absolute atomic E-state index is 0.164. The molecule has 0 unspecified atom stereocenters. The molecular weight excluding hydrogens is 300 g/mol. The Morgan fingerprint density at radius 2 is 1.83 bits per heavy atom. The van der Waals surface area contributed by atoms with Gasteiger partial charge in [0.2, 0.25) is 11.9 Å². The molecule has 1 amide bonds. The van der Waals surface area contributed by atoms with Gasteiger partial charge in [-0.1, -0.05) is 20.3 Å². The largest absolute Gasteiger partial charge is 0.341 e. The van der Waals surface area contributed by atoms with Crippen LogP contribution in [0.5, 0.6) is 0 Å². The first kappa shape index (κ1) is 17.2. The van der Waals surface area contributed by atoms with Gasteiger partial charge in [-0.25, -0.2) is 9.97 Å². The van der Waals surface area contributed by atoms with Gasteiger partial charge in [0.15, 0.2) is 0 Å². The van der Waals surface area contributed by atoms with Crippen molar-refractivity contribution in [3.8, 4) is 0 Å². The highest BCUT2D eigenvalue weighted by Crippen LogP contribution is 2.34. The molecule has 0 N–H and O–H groups in total. The monoisotopic (exact) mass is 330 g/mol. The maximum Gasteiger partial charge on any atom is 0.226 e. The van der Waals surface area contributed by atoms with Crippen LogP contribution in [0.15, 0.2) is 18.5 Å². The molecule has 0 aromatic carbocycles. The molecule has 1 aliphatic heterocycles. The average Bonchev–Trinajstić information content (AvgIpc) is 3.46. The lowest BCUT2D eigenvalue weighted by Crippen LogP contribution is -2.49. The summed E-state index contributed by atoms with van der Waals surface area (Å²) < 4.78 is 0. The summed E-state index contributed by atoms with van der Waals surface area (Å²) >= 11 is 0. The normalized spacial score (nSPS) is 21.4. The fourth-order valence-electron chi connectivity index (χ4n) is 3.67. The van der Waals surface area contributed by atoms with Gasteiger partial charge in [-0.05, 0) is 44.6 Å². The highest BCUT2D eigenvalue weighted by Gasteiger charge is 2.40. The minimum Gasteiger partial charge on any atom is -0.341 e. The van der Waals surface area contributed by atoms with Crippen LogP contribution in [0.2, 0.25) is 0 Å². The standard InChI is InChI=1S/C19H30N4O/c1-4-14(2)15(3)23(17-6-7-17)18(24)16-8-12-22(13-9-16)19-20-10-5-11-21-19/h5,10-11,14-17H,4,6-9,12-13H2,1-3H3/t14-,15-/m0/s1. The van der Waals surface area contributed by atoms with Gasteiger partial charge in [0.25, 0.3) is 0 Å². The molecule has 1 aliphatic carbocycles. The Bertz CT molecular complexity index is 538. The zero-order chi connectivity index (χ0) is 17.1. The third-order valence-corrected chi connectivity index (χ3v) is 5.78. The highest BCUT2D eigenvalue weighted by atomic mass is 16.2. The molecule has 1 saturated heterocycles. The summed E-state index contributed by atoms with van der Waals surface area (Å²) in [5, 5.41) is 0. The summed E-state index contributed by atoms with van der Waals surface area (Å²) in [6.45, 7) is 8.46. The van der Waals surface area contributed by atoms with Crippen molar-refractivity contribution in [2.45, 2.75) is 65.0 Å². The van der Waals surface area contributed by atoms with E-state index < -0.39 is 0 Å². The first-order valence-corrected chi connectivity index (χ1v) is 9.46. The Hall–Kier alpha value is -1.65. The van der Waals surface area contributed by atoms with Crippen LogP contribution in [0, 0.1) is 11.8 Å². The lowest BCUT2D eigenvalue weighted by atomic mass is 9.92. The van der Waals surface area contributed by atoms with E-state index in [1.165, 1.54) is 12.8 Å². The lowest BCUT2D eigenvalue weighted by molar-refractivity contribution is -0.140. The van der Waals surface area contributed by atoms with Crippen molar-refractivity contribution >= 4 is 11.9 Å². The van der Waals surface area contributed by atoms with Gasteiger partial charge < -0.3 is 9.80 Å². The second kappa shape index (κ2) is 7.49. The second-order valence-corrected chi connectivity index (χ2v) is 7.41. The number of rotatable bonds is 6. The molecule has 5 heteroatoms. The van der Waals surface area contributed by atoms with Crippen LogP contribution in [0.25, 0.3) is 0 Å². The van der Waals surface area contributed by atoms with Crippen LogP contribution in [0.1, 0.15) is 52.9 Å². The molecule has 5 nitrogen and oxygen atoms in total. The lowest BCUT2D eigenvalue weighted by Gasteiger charge is -2.38. The number of anilines is 1. The molecule has 24 heavy (non-hydrogen) atoms. The molecular formula is C19H30N4O. The fourth-order valence-corrected chi connectivity index (χ4v) is 3.67. The smallest absolute Gasteiger partial charge is 0.226 e. The van der Waals surface area contributed by atoms with Crippen molar-refractivity contribution in [2.24, 2.45) is 11.8 Å². The van der Waals surface area contributed by atoms with Gasteiger partial charge in [-0.3, -0.25) is 4.79 Å². The number of carbonyl (C=O) groups excluding carboxylic acids is 1. The first-order valence-electron chi connectivity index (χ1n) is 9.46. The summed E-state index contributed by atoms with van der Waals surface area (Å²) in [6.07, 6.45) is 8.87. The van der Waals surface area contributed by atoms with Crippen molar-refractivity contribution in [3.63, 3.8) is 0 Å². The molecule has 0 spiro atoms. The maximum absolute atomic E-state index is 13.2. The van der Waals surface area contributed by atoms with Crippen molar-refractivity contribution in [3.05, 3.63) is 18.5 Å². The number of hydrogen-bond donors (Lipinski definition) is 0. The topological polar surface area (TPSA) is 49.3 Å². The number of hydrogen-bond acceptors (Lipinski definition) is 4. The zero-order valence-corrected chi connectivity index (χ0v) is 15.2. The SMILES string of the molecule is CC[C@H](C)[C@H](C)N(C(=O)C1CCN(c2ncccn2)CC1)C1CC1. The Labute approximate surface area is 145 Å². The molecule has 0 radical (unpaired) electrons. The molecule has 1 aromatic rings. The predicted molar refractivity (Wildman–Crippen MR) is 95.8 cm³/mol. The molecule has 132 valence electrons. The van der Waals surface area contributed by atoms with Crippen LogP contribution in [0.3, 0.4) is 0 Å². The Morgan fingerprint density at radius 1 is 1.21 bits per heavy atom. The molecule has 3 rings (SSSR count). The van der Waals surface area contributed by atoms with Gasteiger partial charge in [0.1, 0.15) is 0 Å². The van der Waals surface area contributed by atoms with Crippen LogP contribution >= 0.6 is 0 Å². The molecule has 2 aliphatic rings. The molecule has 1 saturated carbocycles. The third kappa shape index (κ3) is 3.70. The Balaban J connectivity index is 1.61. The third-order valence-electron chi connectivity index (χ3n) is 5.78. The quantitative estimate of drug-likeness (QED) is 0.804. The van der Waals surface area contributed by atoms with Crippen molar-refractivity contribution in [1.29, 1.82) is 0 Å². The van der Waals surface area contributed by atoms with Gasteiger partial charge in [0.05, 0.1) is 0 Å². The van der Waals surface area contributed by atoms with Crippen LogP contribution < -0.4 is 4.90 Å². The van der Waals surface area contributed by atoms with E-state index in [1.54, 1.807) is 12.4 Å². The number of nitrogens with zero attached hydrogens (tertiary/aromatic N) is 4. The molecule has 2 heterocycles. The number of piperidine rings is 1. The van der Waals surface area contributed by atoms with Crippen molar-refractivity contribution in [1.82, 2.24) is 14.9 Å². The average molecular weight is 330 g/mol. The maximum atomic E-state index is 13.2. The summed E-state index contributed by atoms with van der Waals surface area (Å²) in [7, 11) is 0. The van der Waals surface area contributed by atoms with Crippen molar-refractivity contribution in [2.75, 3.05) is 18.0 Å². The molecule has 2 fully saturated rings. The van der Waals surface area contributed by atoms with E-state index in [-0.39, 0.29) is 5.92 Å². The van der Waals surface area contributed by atoms with Crippen LogP contribution in [-0.2, 0) is 4.79 Å². The highest BCUT2D eigenvalue weighted by molar-refractivity contribution is 5.80. The van der Waals surface area contributed by atoms with E-state index in [2.05, 4.69) is 40.5 Å². The van der Waals surface area contributed by atoms with E-state index in [0.29, 0.717) is 23.9 Å². The van der Waals surface area contributed by atoms with Crippen LogP contribution in [-0.4, -0.2) is 45.9 Å². The summed E-state index contributed by atoms with van der Waals surface area (Å²) in [4.78, 5) is 26.2. The zero-order valence-electron chi connectivity index (χ0n) is 15.2. The first-order chi connectivity index (χ1) is 11.6. The van der Waals surface area contributed by atoms with E-state index >= 15 is 0 Å². The van der Waals surface area contributed by atoms with Crippen molar-refractivity contribution < 1.29 is 4.79 Å². The van der Waals surface area contributed by atoms with E-state index in [9.17, 15) is 4.79 Å². The molecule has 1 aromatic heterocycles. The summed E-state index contributed by atoms with van der Waals surface area (Å²) in [6, 6.07) is 2.69. The van der Waals surface area contributed by atoms with Gasteiger partial charge in [-0.15, -0.1) is 0 Å². The van der Waals surface area contributed by atoms with E-state index in [1.807, 2.05) is 6.07 Å². The molecule has 0 bridgehead atoms. The fraction of sp³-hybridized carbons (Fsp3) is 0.737. The van der Waals surface area contributed by atoms with Gasteiger partial charge >= 0.3 is 0 Å². The predicted octanol–water partition coefficient (Wildman–Crippen LogP) is 3.12. The number of amides is 1. The molecule has 2 atom stereocenters. The minimum atomic E-state index is 0.164.